The van der Waals surface area contributed by atoms with Crippen LogP contribution >= 0.6 is 0 Å². The third kappa shape index (κ3) is 4.02. The SMILES string of the molecule is CC(OC(N)=O)C(OC(N)=O)c1ccccc1. The number of benzene rings is 1. The second-order valence-corrected chi connectivity index (χ2v) is 3.41. The lowest BCUT2D eigenvalue weighted by Gasteiger charge is -2.22. The molecule has 0 radical (unpaired) electrons. The zero-order valence-corrected chi connectivity index (χ0v) is 9.33. The summed E-state index contributed by atoms with van der Waals surface area (Å²) in [6, 6.07) is 8.81. The van der Waals surface area contributed by atoms with Crippen molar-refractivity contribution >= 4 is 12.2 Å². The lowest BCUT2D eigenvalue weighted by atomic mass is 10.1. The molecule has 6 heteroatoms. The number of hydrogen-bond donors (Lipinski definition) is 2. The van der Waals surface area contributed by atoms with Crippen molar-refractivity contribution in [2.24, 2.45) is 11.5 Å². The Hall–Kier alpha value is -2.24. The van der Waals surface area contributed by atoms with Gasteiger partial charge < -0.3 is 20.9 Å². The van der Waals surface area contributed by atoms with Gasteiger partial charge in [-0.25, -0.2) is 9.59 Å². The Kier molecular flexibility index (Phi) is 4.33. The predicted molar refractivity (Wildman–Crippen MR) is 60.0 cm³/mol. The lowest BCUT2D eigenvalue weighted by Crippen LogP contribution is -2.30. The first-order valence-electron chi connectivity index (χ1n) is 4.98. The van der Waals surface area contributed by atoms with Crippen LogP contribution in [0.2, 0.25) is 0 Å². The highest BCUT2D eigenvalue weighted by atomic mass is 16.6. The average Bonchev–Trinajstić information content (AvgIpc) is 2.25. The summed E-state index contributed by atoms with van der Waals surface area (Å²) in [6.07, 6.45) is -3.38. The van der Waals surface area contributed by atoms with Crippen molar-refractivity contribution < 1.29 is 19.1 Å². The van der Waals surface area contributed by atoms with Crippen molar-refractivity contribution in [3.63, 3.8) is 0 Å². The first-order chi connectivity index (χ1) is 8.00. The van der Waals surface area contributed by atoms with Crippen LogP contribution in [0.5, 0.6) is 0 Å². The van der Waals surface area contributed by atoms with Crippen LogP contribution in [-0.4, -0.2) is 18.3 Å². The zero-order chi connectivity index (χ0) is 12.8. The number of nitrogens with two attached hydrogens (primary N) is 2. The molecule has 0 aliphatic carbocycles. The van der Waals surface area contributed by atoms with E-state index in [0.29, 0.717) is 5.56 Å². The molecule has 0 saturated carbocycles. The molecule has 0 aromatic heterocycles. The molecular weight excluding hydrogens is 224 g/mol. The van der Waals surface area contributed by atoms with E-state index in [4.69, 9.17) is 20.9 Å². The van der Waals surface area contributed by atoms with E-state index in [2.05, 4.69) is 0 Å². The Bertz CT molecular complexity index is 394. The molecule has 0 saturated heterocycles. The van der Waals surface area contributed by atoms with E-state index < -0.39 is 24.4 Å². The Balaban J connectivity index is 2.87. The van der Waals surface area contributed by atoms with Gasteiger partial charge in [-0.3, -0.25) is 0 Å². The molecule has 0 aliphatic heterocycles. The van der Waals surface area contributed by atoms with Gasteiger partial charge in [0.25, 0.3) is 0 Å². The highest BCUT2D eigenvalue weighted by molar-refractivity contribution is 5.66. The van der Waals surface area contributed by atoms with E-state index in [1.54, 1.807) is 31.2 Å². The van der Waals surface area contributed by atoms with E-state index in [1.807, 2.05) is 6.07 Å². The maximum atomic E-state index is 10.8. The van der Waals surface area contributed by atoms with E-state index in [9.17, 15) is 9.59 Å². The van der Waals surface area contributed by atoms with Crippen LogP contribution in [0.25, 0.3) is 0 Å². The standard InChI is InChI=1S/C11H14N2O4/c1-7(16-10(12)14)9(17-11(13)15)8-5-3-2-4-6-8/h2-7,9H,1H3,(H2,12,14)(H2,13,15). The summed E-state index contributed by atoms with van der Waals surface area (Å²) >= 11 is 0. The van der Waals surface area contributed by atoms with Gasteiger partial charge >= 0.3 is 12.2 Å². The smallest absolute Gasteiger partial charge is 0.405 e. The zero-order valence-electron chi connectivity index (χ0n) is 9.33. The fourth-order valence-corrected chi connectivity index (χ4v) is 1.45. The van der Waals surface area contributed by atoms with Crippen LogP contribution < -0.4 is 11.5 Å². The minimum Gasteiger partial charge on any atom is -0.442 e. The molecular formula is C11H14N2O4. The van der Waals surface area contributed by atoms with Gasteiger partial charge in [-0.2, -0.15) is 0 Å². The van der Waals surface area contributed by atoms with E-state index in [1.165, 1.54) is 0 Å². The van der Waals surface area contributed by atoms with Gasteiger partial charge in [-0.15, -0.1) is 0 Å². The van der Waals surface area contributed by atoms with E-state index >= 15 is 0 Å². The largest absolute Gasteiger partial charge is 0.442 e. The second-order valence-electron chi connectivity index (χ2n) is 3.41. The minimum atomic E-state index is -0.946. The second kappa shape index (κ2) is 5.74. The molecule has 2 amide bonds. The minimum absolute atomic E-state index is 0.667. The molecule has 92 valence electrons. The highest BCUT2D eigenvalue weighted by Gasteiger charge is 2.25. The van der Waals surface area contributed by atoms with Gasteiger partial charge in [0.15, 0.2) is 6.10 Å². The van der Waals surface area contributed by atoms with Crippen molar-refractivity contribution in [1.29, 1.82) is 0 Å². The average molecular weight is 238 g/mol. The first-order valence-corrected chi connectivity index (χ1v) is 4.98. The Labute approximate surface area is 98.5 Å². The number of hydrogen-bond acceptors (Lipinski definition) is 4. The summed E-state index contributed by atoms with van der Waals surface area (Å²) in [7, 11) is 0. The third-order valence-electron chi connectivity index (χ3n) is 2.10. The van der Waals surface area contributed by atoms with Crippen molar-refractivity contribution in [2.45, 2.75) is 19.1 Å². The first kappa shape index (κ1) is 12.8. The molecule has 0 aliphatic rings. The van der Waals surface area contributed by atoms with Crippen LogP contribution in [0.1, 0.15) is 18.6 Å². The van der Waals surface area contributed by atoms with Crippen LogP contribution in [0.15, 0.2) is 30.3 Å². The van der Waals surface area contributed by atoms with Crippen LogP contribution in [0.3, 0.4) is 0 Å². The quantitative estimate of drug-likeness (QED) is 0.824. The van der Waals surface area contributed by atoms with Gasteiger partial charge in [-0.05, 0) is 12.5 Å². The molecule has 0 spiro atoms. The number of amides is 2. The maximum absolute atomic E-state index is 10.8. The molecule has 1 aromatic carbocycles. The summed E-state index contributed by atoms with van der Waals surface area (Å²) in [5.41, 5.74) is 10.5. The molecule has 0 bridgehead atoms. The third-order valence-corrected chi connectivity index (χ3v) is 2.10. The summed E-state index contributed by atoms with van der Waals surface area (Å²) in [4.78, 5) is 21.5. The van der Waals surface area contributed by atoms with Gasteiger partial charge in [0.05, 0.1) is 0 Å². The Morgan fingerprint density at radius 3 is 2.06 bits per heavy atom. The Morgan fingerprint density at radius 1 is 1.06 bits per heavy atom. The number of primary amides is 2. The number of ether oxygens (including phenoxy) is 2. The van der Waals surface area contributed by atoms with E-state index in [-0.39, 0.29) is 0 Å². The predicted octanol–water partition coefficient (Wildman–Crippen LogP) is 1.31. The van der Waals surface area contributed by atoms with Crippen LogP contribution in [0, 0.1) is 0 Å². The van der Waals surface area contributed by atoms with Crippen LogP contribution in [0.4, 0.5) is 9.59 Å². The molecule has 6 nitrogen and oxygen atoms in total. The van der Waals surface area contributed by atoms with Gasteiger partial charge in [0.1, 0.15) is 6.10 Å². The molecule has 0 fully saturated rings. The molecule has 0 heterocycles. The lowest BCUT2D eigenvalue weighted by molar-refractivity contribution is 0.00415. The number of carbonyl (C=O) groups is 2. The van der Waals surface area contributed by atoms with Gasteiger partial charge in [0, 0.05) is 0 Å². The van der Waals surface area contributed by atoms with Crippen LogP contribution in [-0.2, 0) is 9.47 Å². The highest BCUT2D eigenvalue weighted by Crippen LogP contribution is 2.23. The maximum Gasteiger partial charge on any atom is 0.405 e. The number of carbonyl (C=O) groups excluding carboxylic acids is 2. The summed E-state index contributed by atoms with van der Waals surface area (Å²) in [5, 5.41) is 0. The van der Waals surface area contributed by atoms with Crippen molar-refractivity contribution in [1.82, 2.24) is 0 Å². The molecule has 2 unspecified atom stereocenters. The van der Waals surface area contributed by atoms with Gasteiger partial charge in [-0.1, -0.05) is 30.3 Å². The van der Waals surface area contributed by atoms with Crippen molar-refractivity contribution in [2.75, 3.05) is 0 Å². The topological polar surface area (TPSA) is 105 Å². The van der Waals surface area contributed by atoms with Crippen molar-refractivity contribution in [3.05, 3.63) is 35.9 Å². The molecule has 2 atom stereocenters. The molecule has 1 aromatic rings. The monoisotopic (exact) mass is 238 g/mol. The fraction of sp³-hybridized carbons (Fsp3) is 0.273. The summed E-state index contributed by atoms with van der Waals surface area (Å²) in [5.74, 6) is 0. The normalized spacial score (nSPS) is 13.5. The fourth-order valence-electron chi connectivity index (χ4n) is 1.45. The van der Waals surface area contributed by atoms with Gasteiger partial charge in [0.2, 0.25) is 0 Å². The Morgan fingerprint density at radius 2 is 1.59 bits per heavy atom. The summed E-state index contributed by atoms with van der Waals surface area (Å²) < 4.78 is 9.68. The molecule has 4 N–H and O–H groups in total. The summed E-state index contributed by atoms with van der Waals surface area (Å²) in [6.45, 7) is 1.56. The van der Waals surface area contributed by atoms with Crippen molar-refractivity contribution in [3.8, 4) is 0 Å². The van der Waals surface area contributed by atoms with E-state index in [0.717, 1.165) is 0 Å². The molecule has 1 rings (SSSR count). The molecule has 17 heavy (non-hydrogen) atoms. The number of rotatable bonds is 4.